The molecule has 0 bridgehead atoms. The Bertz CT molecular complexity index is 2120. The maximum Gasteiger partial charge on any atom is 0.0950 e. The van der Waals surface area contributed by atoms with Gasteiger partial charge < -0.3 is 9.13 Å². The second kappa shape index (κ2) is 8.15. The molecule has 0 fully saturated rings. The zero-order valence-corrected chi connectivity index (χ0v) is 20.5. The fourth-order valence-corrected chi connectivity index (χ4v) is 5.67. The van der Waals surface area contributed by atoms with E-state index in [9.17, 15) is 0 Å². The van der Waals surface area contributed by atoms with Gasteiger partial charge >= 0.3 is 0 Å². The lowest BCUT2D eigenvalue weighted by Gasteiger charge is -2.10. The summed E-state index contributed by atoms with van der Waals surface area (Å²) in [5.74, 6) is 0. The molecule has 0 aliphatic rings. The van der Waals surface area contributed by atoms with Crippen molar-refractivity contribution in [3.63, 3.8) is 0 Å². The number of fused-ring (bicyclic) bond motifs is 5. The molecule has 8 aromatic rings. The Morgan fingerprint density at radius 3 is 2.11 bits per heavy atom. The number of hydrogen-bond acceptors (Lipinski definition) is 2. The fourth-order valence-electron chi connectivity index (χ4n) is 5.67. The van der Waals surface area contributed by atoms with E-state index in [1.807, 2.05) is 24.4 Å². The van der Waals surface area contributed by atoms with Crippen molar-refractivity contribution in [3.05, 3.63) is 134 Å². The van der Waals surface area contributed by atoms with Crippen molar-refractivity contribution in [3.8, 4) is 22.6 Å². The lowest BCUT2D eigenvalue weighted by molar-refractivity contribution is 1.01. The minimum atomic E-state index is 0.860. The first-order chi connectivity index (χ1) is 18.8. The van der Waals surface area contributed by atoms with Gasteiger partial charge in [-0.25, -0.2) is 0 Å². The maximum absolute atomic E-state index is 4.43. The molecule has 3 aromatic heterocycles. The van der Waals surface area contributed by atoms with Gasteiger partial charge in [0.1, 0.15) is 0 Å². The van der Waals surface area contributed by atoms with E-state index in [0.29, 0.717) is 0 Å². The molecule has 5 aromatic carbocycles. The summed E-state index contributed by atoms with van der Waals surface area (Å²) in [5, 5.41) is 14.9. The van der Waals surface area contributed by atoms with Crippen LogP contribution >= 0.6 is 0 Å². The molecule has 0 amide bonds. The number of aromatic nitrogens is 4. The average Bonchev–Trinajstić information content (AvgIpc) is 3.54. The monoisotopic (exact) mass is 486 g/mol. The molecular formula is C34H22N4. The second-order valence-corrected chi connectivity index (χ2v) is 9.67. The minimum Gasteiger partial charge on any atom is -0.317 e. The number of benzene rings is 5. The van der Waals surface area contributed by atoms with E-state index in [-0.39, 0.29) is 0 Å². The topological polar surface area (TPSA) is 35.6 Å². The van der Waals surface area contributed by atoms with Crippen LogP contribution in [-0.2, 0) is 0 Å². The van der Waals surface area contributed by atoms with E-state index in [0.717, 1.165) is 28.0 Å². The zero-order chi connectivity index (χ0) is 25.1. The average molecular weight is 487 g/mol. The summed E-state index contributed by atoms with van der Waals surface area (Å²) in [6.45, 7) is 0. The van der Waals surface area contributed by atoms with E-state index in [1.54, 1.807) is 0 Å². The van der Waals surface area contributed by atoms with Gasteiger partial charge in [0.2, 0.25) is 0 Å². The van der Waals surface area contributed by atoms with Gasteiger partial charge in [-0.2, -0.15) is 10.2 Å². The quantitative estimate of drug-likeness (QED) is 0.252. The van der Waals surface area contributed by atoms with Gasteiger partial charge in [0, 0.05) is 33.6 Å². The molecule has 8 rings (SSSR count). The van der Waals surface area contributed by atoms with Crippen molar-refractivity contribution in [2.75, 3.05) is 0 Å². The van der Waals surface area contributed by atoms with Crippen molar-refractivity contribution in [1.82, 2.24) is 19.3 Å². The molecule has 3 heterocycles. The third kappa shape index (κ3) is 3.17. The van der Waals surface area contributed by atoms with Gasteiger partial charge in [-0.1, -0.05) is 66.7 Å². The van der Waals surface area contributed by atoms with Crippen LogP contribution in [0.4, 0.5) is 0 Å². The smallest absolute Gasteiger partial charge is 0.0950 e. The highest BCUT2D eigenvalue weighted by atomic mass is 15.1. The Morgan fingerprint density at radius 1 is 0.500 bits per heavy atom. The molecular weight excluding hydrogens is 464 g/mol. The van der Waals surface area contributed by atoms with Crippen molar-refractivity contribution >= 4 is 43.5 Å². The molecule has 0 unspecified atom stereocenters. The standard InChI is InChI=1S/C34H22N4/c1-3-9-23(10-4-1)31-21-28(22-35-36-31)38-32-14-8-7-13-29(32)30-18-26-19-33-24(17-25(26)20-34(30)38)15-16-37(33)27-11-5-2-6-12-27/h1-22H. The van der Waals surface area contributed by atoms with Crippen LogP contribution in [0.5, 0.6) is 0 Å². The predicted octanol–water partition coefficient (Wildman–Crippen LogP) is 8.34. The molecule has 4 nitrogen and oxygen atoms in total. The molecule has 0 N–H and O–H groups in total. The Kier molecular flexibility index (Phi) is 4.49. The van der Waals surface area contributed by atoms with Crippen LogP contribution < -0.4 is 0 Å². The summed E-state index contributed by atoms with van der Waals surface area (Å²) in [6, 6.07) is 42.9. The summed E-state index contributed by atoms with van der Waals surface area (Å²) in [6.07, 6.45) is 4.01. The summed E-state index contributed by atoms with van der Waals surface area (Å²) in [4.78, 5) is 0. The maximum atomic E-state index is 4.43. The molecule has 0 saturated heterocycles. The van der Waals surface area contributed by atoms with Gasteiger partial charge in [0.25, 0.3) is 0 Å². The summed E-state index contributed by atoms with van der Waals surface area (Å²) in [5.41, 5.74) is 7.60. The van der Waals surface area contributed by atoms with Crippen LogP contribution in [0.3, 0.4) is 0 Å². The van der Waals surface area contributed by atoms with E-state index < -0.39 is 0 Å². The Morgan fingerprint density at radius 2 is 1.24 bits per heavy atom. The molecule has 0 spiro atoms. The first-order valence-electron chi connectivity index (χ1n) is 12.8. The van der Waals surface area contributed by atoms with Gasteiger partial charge in [0.15, 0.2) is 0 Å². The number of hydrogen-bond donors (Lipinski definition) is 0. The van der Waals surface area contributed by atoms with Crippen molar-refractivity contribution in [1.29, 1.82) is 0 Å². The van der Waals surface area contributed by atoms with Crippen molar-refractivity contribution in [2.45, 2.75) is 0 Å². The SMILES string of the molecule is c1ccc(-c2cc(-n3c4ccccc4c4cc5cc6c(ccn6-c6ccccc6)cc5cc43)cnn2)cc1. The number of rotatable bonds is 3. The van der Waals surface area contributed by atoms with E-state index in [4.69, 9.17) is 0 Å². The lowest BCUT2D eigenvalue weighted by atomic mass is 10.0. The van der Waals surface area contributed by atoms with Crippen molar-refractivity contribution < 1.29 is 0 Å². The van der Waals surface area contributed by atoms with E-state index in [1.165, 1.54) is 38.1 Å². The second-order valence-electron chi connectivity index (χ2n) is 9.67. The molecule has 38 heavy (non-hydrogen) atoms. The first kappa shape index (κ1) is 20.9. The van der Waals surface area contributed by atoms with Gasteiger partial charge in [0.05, 0.1) is 34.1 Å². The lowest BCUT2D eigenvalue weighted by Crippen LogP contribution is -1.97. The van der Waals surface area contributed by atoms with E-state index in [2.05, 4.69) is 129 Å². The molecule has 0 aliphatic carbocycles. The number of para-hydroxylation sites is 2. The normalized spacial score (nSPS) is 11.7. The summed E-state index contributed by atoms with van der Waals surface area (Å²) in [7, 11) is 0. The minimum absolute atomic E-state index is 0.860. The molecule has 0 atom stereocenters. The molecule has 0 radical (unpaired) electrons. The van der Waals surface area contributed by atoms with E-state index >= 15 is 0 Å². The predicted molar refractivity (Wildman–Crippen MR) is 156 cm³/mol. The van der Waals surface area contributed by atoms with Gasteiger partial charge in [-0.3, -0.25) is 0 Å². The van der Waals surface area contributed by atoms with Crippen LogP contribution in [0.15, 0.2) is 134 Å². The highest BCUT2D eigenvalue weighted by Gasteiger charge is 2.15. The highest BCUT2D eigenvalue weighted by Crippen LogP contribution is 2.36. The largest absolute Gasteiger partial charge is 0.317 e. The molecule has 0 aliphatic heterocycles. The third-order valence-corrected chi connectivity index (χ3v) is 7.44. The fraction of sp³-hybridized carbons (Fsp3) is 0. The van der Waals surface area contributed by atoms with Crippen LogP contribution in [0.25, 0.3) is 66.1 Å². The Balaban J connectivity index is 1.39. The van der Waals surface area contributed by atoms with Crippen LogP contribution in [0.2, 0.25) is 0 Å². The van der Waals surface area contributed by atoms with Gasteiger partial charge in [-0.15, -0.1) is 0 Å². The van der Waals surface area contributed by atoms with Crippen LogP contribution in [0, 0.1) is 0 Å². The Labute approximate surface area is 219 Å². The number of nitrogens with zero attached hydrogens (tertiary/aromatic N) is 4. The van der Waals surface area contributed by atoms with Gasteiger partial charge in [-0.05, 0) is 65.4 Å². The summed E-state index contributed by atoms with van der Waals surface area (Å²) >= 11 is 0. The summed E-state index contributed by atoms with van der Waals surface area (Å²) < 4.78 is 4.57. The molecule has 178 valence electrons. The molecule has 0 saturated carbocycles. The van der Waals surface area contributed by atoms with Crippen LogP contribution in [0.1, 0.15) is 0 Å². The highest BCUT2D eigenvalue weighted by molar-refractivity contribution is 6.15. The van der Waals surface area contributed by atoms with Crippen LogP contribution in [-0.4, -0.2) is 19.3 Å². The first-order valence-corrected chi connectivity index (χ1v) is 12.8. The Hall–Kier alpha value is -5.22. The molecule has 4 heteroatoms. The zero-order valence-electron chi connectivity index (χ0n) is 20.5. The third-order valence-electron chi connectivity index (χ3n) is 7.44. The van der Waals surface area contributed by atoms with Crippen molar-refractivity contribution in [2.24, 2.45) is 0 Å².